The summed E-state index contributed by atoms with van der Waals surface area (Å²) in [6.07, 6.45) is 0.418. The van der Waals surface area contributed by atoms with Crippen molar-refractivity contribution in [3.05, 3.63) is 60.2 Å². The minimum absolute atomic E-state index is 0.1000. The van der Waals surface area contributed by atoms with E-state index in [1.807, 2.05) is 54.6 Å². The summed E-state index contributed by atoms with van der Waals surface area (Å²) in [6.45, 7) is 2.65. The van der Waals surface area contributed by atoms with E-state index >= 15 is 0 Å². The van der Waals surface area contributed by atoms with Gasteiger partial charge >= 0.3 is 6.03 Å². The molecule has 1 saturated heterocycles. The van der Waals surface area contributed by atoms with Gasteiger partial charge in [-0.05, 0) is 29.8 Å². The number of ether oxygens (including phenoxy) is 1. The summed E-state index contributed by atoms with van der Waals surface area (Å²) >= 11 is 0. The van der Waals surface area contributed by atoms with Gasteiger partial charge in [0.15, 0.2) is 0 Å². The number of urea groups is 1. The summed E-state index contributed by atoms with van der Waals surface area (Å²) in [5.74, 6) is 0.718. The molecule has 1 fully saturated rings. The molecule has 2 aromatic carbocycles. The molecule has 1 aliphatic rings. The van der Waals surface area contributed by atoms with Crippen LogP contribution in [0.3, 0.4) is 0 Å². The molecule has 0 radical (unpaired) electrons. The third-order valence-corrected chi connectivity index (χ3v) is 4.93. The van der Waals surface area contributed by atoms with Crippen molar-refractivity contribution in [3.8, 4) is 5.75 Å². The van der Waals surface area contributed by atoms with E-state index in [0.717, 1.165) is 30.1 Å². The van der Waals surface area contributed by atoms with E-state index in [4.69, 9.17) is 10.5 Å². The van der Waals surface area contributed by atoms with Crippen molar-refractivity contribution in [2.24, 2.45) is 5.73 Å². The number of primary amides is 1. The molecule has 1 unspecified atom stereocenters. The Morgan fingerprint density at radius 2 is 1.68 bits per heavy atom. The number of anilines is 1. The number of nitrogens with zero attached hydrogens (tertiary/aromatic N) is 2. The molecule has 3 rings (SSSR count). The van der Waals surface area contributed by atoms with Crippen LogP contribution < -0.4 is 20.7 Å². The molecular formula is C21H26N4O3. The number of rotatable bonds is 6. The predicted molar refractivity (Wildman–Crippen MR) is 108 cm³/mol. The topological polar surface area (TPSA) is 87.9 Å². The van der Waals surface area contributed by atoms with Gasteiger partial charge in [-0.25, -0.2) is 4.79 Å². The molecule has 7 nitrogen and oxygen atoms in total. The van der Waals surface area contributed by atoms with Crippen LogP contribution >= 0.6 is 0 Å². The minimum Gasteiger partial charge on any atom is -0.497 e. The number of hydrogen-bond donors (Lipinski definition) is 2. The van der Waals surface area contributed by atoms with Crippen LogP contribution in [0.1, 0.15) is 5.56 Å². The quantitative estimate of drug-likeness (QED) is 0.795. The Hall–Kier alpha value is -3.22. The lowest BCUT2D eigenvalue weighted by molar-refractivity contribution is -0.133. The van der Waals surface area contributed by atoms with Crippen molar-refractivity contribution in [1.29, 1.82) is 0 Å². The second kappa shape index (κ2) is 9.12. The highest BCUT2D eigenvalue weighted by Gasteiger charge is 2.28. The lowest BCUT2D eigenvalue weighted by Gasteiger charge is -2.37. The van der Waals surface area contributed by atoms with Crippen LogP contribution in [-0.2, 0) is 11.2 Å². The zero-order chi connectivity index (χ0) is 19.9. The summed E-state index contributed by atoms with van der Waals surface area (Å²) in [7, 11) is 1.64. The average Bonchev–Trinajstić information content (AvgIpc) is 2.73. The van der Waals surface area contributed by atoms with Gasteiger partial charge in [-0.3, -0.25) is 4.79 Å². The molecule has 0 aromatic heterocycles. The van der Waals surface area contributed by atoms with Gasteiger partial charge in [0.25, 0.3) is 0 Å². The van der Waals surface area contributed by atoms with E-state index in [-0.39, 0.29) is 5.91 Å². The number of piperazine rings is 1. The van der Waals surface area contributed by atoms with Gasteiger partial charge in [0.2, 0.25) is 5.91 Å². The molecule has 0 saturated carbocycles. The van der Waals surface area contributed by atoms with Crippen LogP contribution in [0.4, 0.5) is 10.5 Å². The first-order chi connectivity index (χ1) is 13.6. The molecule has 7 heteroatoms. The number of amides is 3. The highest BCUT2D eigenvalue weighted by molar-refractivity contribution is 5.87. The molecule has 1 heterocycles. The highest BCUT2D eigenvalue weighted by Crippen LogP contribution is 2.21. The Labute approximate surface area is 165 Å². The summed E-state index contributed by atoms with van der Waals surface area (Å²) in [5.41, 5.74) is 7.38. The maximum absolute atomic E-state index is 13.0. The molecule has 0 bridgehead atoms. The minimum atomic E-state index is -0.689. The number of carbonyl (C=O) groups excluding carboxylic acids is 2. The molecule has 0 aliphatic carbocycles. The number of carbonyl (C=O) groups is 2. The predicted octanol–water partition coefficient (Wildman–Crippen LogP) is 1.62. The summed E-state index contributed by atoms with van der Waals surface area (Å²) in [6, 6.07) is 16.2. The number of nitrogens with two attached hydrogens (primary N) is 1. The van der Waals surface area contributed by atoms with E-state index in [1.54, 1.807) is 12.0 Å². The Morgan fingerprint density at radius 1 is 1.04 bits per heavy atom. The van der Waals surface area contributed by atoms with Crippen molar-refractivity contribution >= 4 is 17.6 Å². The lowest BCUT2D eigenvalue weighted by Crippen LogP contribution is -2.56. The number of nitrogens with one attached hydrogen (secondary N) is 1. The van der Waals surface area contributed by atoms with Crippen LogP contribution in [-0.4, -0.2) is 56.2 Å². The third kappa shape index (κ3) is 4.94. The van der Waals surface area contributed by atoms with Gasteiger partial charge in [-0.2, -0.15) is 0 Å². The first-order valence-corrected chi connectivity index (χ1v) is 9.34. The van der Waals surface area contributed by atoms with E-state index < -0.39 is 12.1 Å². The standard InChI is InChI=1S/C21H26N4O3/c1-28-18-9-7-17(8-10-18)24-11-13-25(14-12-24)20(26)19(23-21(22)27)15-16-5-3-2-4-6-16/h2-10,19H,11-15H2,1H3,(H3,22,23,27). The van der Waals surface area contributed by atoms with Crippen molar-refractivity contribution in [1.82, 2.24) is 10.2 Å². The molecule has 3 amide bonds. The molecule has 148 valence electrons. The van der Waals surface area contributed by atoms with Gasteiger partial charge in [-0.1, -0.05) is 30.3 Å². The Morgan fingerprint density at radius 3 is 2.25 bits per heavy atom. The maximum Gasteiger partial charge on any atom is 0.312 e. The summed E-state index contributed by atoms with van der Waals surface area (Å²) in [5, 5.41) is 2.60. The second-order valence-electron chi connectivity index (χ2n) is 6.76. The first-order valence-electron chi connectivity index (χ1n) is 9.34. The average molecular weight is 382 g/mol. The highest BCUT2D eigenvalue weighted by atomic mass is 16.5. The molecule has 1 aliphatic heterocycles. The first kappa shape index (κ1) is 19.5. The Bertz CT molecular complexity index is 787. The smallest absolute Gasteiger partial charge is 0.312 e. The van der Waals surface area contributed by atoms with Crippen molar-refractivity contribution in [2.45, 2.75) is 12.5 Å². The number of methoxy groups -OCH3 is 1. The Kier molecular flexibility index (Phi) is 6.37. The van der Waals surface area contributed by atoms with E-state index in [0.29, 0.717) is 19.5 Å². The zero-order valence-electron chi connectivity index (χ0n) is 16.0. The number of benzene rings is 2. The normalized spacial score (nSPS) is 15.0. The molecular weight excluding hydrogens is 356 g/mol. The molecule has 28 heavy (non-hydrogen) atoms. The monoisotopic (exact) mass is 382 g/mol. The molecule has 3 N–H and O–H groups in total. The van der Waals surface area contributed by atoms with E-state index in [9.17, 15) is 9.59 Å². The fourth-order valence-electron chi connectivity index (χ4n) is 3.42. The molecule has 1 atom stereocenters. The second-order valence-corrected chi connectivity index (χ2v) is 6.76. The van der Waals surface area contributed by atoms with Crippen LogP contribution in [0.2, 0.25) is 0 Å². The Balaban J connectivity index is 1.61. The van der Waals surface area contributed by atoms with Crippen molar-refractivity contribution in [2.75, 3.05) is 38.2 Å². The van der Waals surface area contributed by atoms with Crippen LogP contribution in [0.25, 0.3) is 0 Å². The zero-order valence-corrected chi connectivity index (χ0v) is 16.0. The van der Waals surface area contributed by atoms with Gasteiger partial charge in [0.1, 0.15) is 11.8 Å². The van der Waals surface area contributed by atoms with Crippen LogP contribution in [0.5, 0.6) is 5.75 Å². The van der Waals surface area contributed by atoms with Gasteiger partial charge < -0.3 is 25.6 Å². The maximum atomic E-state index is 13.0. The fourth-order valence-corrected chi connectivity index (χ4v) is 3.42. The van der Waals surface area contributed by atoms with E-state index in [1.165, 1.54) is 0 Å². The van der Waals surface area contributed by atoms with Crippen LogP contribution in [0, 0.1) is 0 Å². The largest absolute Gasteiger partial charge is 0.497 e. The van der Waals surface area contributed by atoms with Gasteiger partial charge in [-0.15, -0.1) is 0 Å². The van der Waals surface area contributed by atoms with Gasteiger partial charge in [0, 0.05) is 38.3 Å². The lowest BCUT2D eigenvalue weighted by atomic mass is 10.0. The summed E-state index contributed by atoms with van der Waals surface area (Å²) in [4.78, 5) is 28.4. The SMILES string of the molecule is COc1ccc(N2CCN(C(=O)C(Cc3ccccc3)NC(N)=O)CC2)cc1. The van der Waals surface area contributed by atoms with Crippen molar-refractivity contribution in [3.63, 3.8) is 0 Å². The molecule has 0 spiro atoms. The fraction of sp³-hybridized carbons (Fsp3) is 0.333. The molecule has 2 aromatic rings. The third-order valence-electron chi connectivity index (χ3n) is 4.93. The van der Waals surface area contributed by atoms with Crippen molar-refractivity contribution < 1.29 is 14.3 Å². The van der Waals surface area contributed by atoms with Crippen LogP contribution in [0.15, 0.2) is 54.6 Å². The summed E-state index contributed by atoms with van der Waals surface area (Å²) < 4.78 is 5.20. The van der Waals surface area contributed by atoms with E-state index in [2.05, 4.69) is 10.2 Å². The van der Waals surface area contributed by atoms with Gasteiger partial charge in [0.05, 0.1) is 7.11 Å². The number of hydrogen-bond acceptors (Lipinski definition) is 4.